The summed E-state index contributed by atoms with van der Waals surface area (Å²) in [5, 5.41) is 0. The molecule has 2 fully saturated rings. The molecule has 2 aliphatic rings. The number of nitrogens with zero attached hydrogens (tertiary/aromatic N) is 2. The van der Waals surface area contributed by atoms with Gasteiger partial charge >= 0.3 is 0 Å². The zero-order valence-corrected chi connectivity index (χ0v) is 18.7. The van der Waals surface area contributed by atoms with E-state index in [4.69, 9.17) is 0 Å². The van der Waals surface area contributed by atoms with Crippen LogP contribution < -0.4 is 0 Å². The Morgan fingerprint density at radius 2 is 1.48 bits per heavy atom. The molecule has 0 aliphatic carbocycles. The van der Waals surface area contributed by atoms with Crippen molar-refractivity contribution in [1.82, 2.24) is 9.80 Å². The van der Waals surface area contributed by atoms with Gasteiger partial charge in [0, 0.05) is 19.5 Å². The van der Waals surface area contributed by atoms with Crippen LogP contribution in [-0.2, 0) is 4.79 Å². The van der Waals surface area contributed by atoms with Crippen LogP contribution in [-0.4, -0.2) is 48.4 Å². The third kappa shape index (κ3) is 8.54. The van der Waals surface area contributed by atoms with Crippen molar-refractivity contribution >= 4 is 5.91 Å². The Bertz CT molecular complexity index is 405. The highest BCUT2D eigenvalue weighted by molar-refractivity contribution is 5.76. The van der Waals surface area contributed by atoms with E-state index in [-0.39, 0.29) is 0 Å². The van der Waals surface area contributed by atoms with Crippen LogP contribution in [0.4, 0.5) is 0 Å². The average Bonchev–Trinajstić information content (AvgIpc) is 2.65. The zero-order valence-electron chi connectivity index (χ0n) is 18.7. The van der Waals surface area contributed by atoms with Crippen LogP contribution in [0.15, 0.2) is 0 Å². The lowest BCUT2D eigenvalue weighted by atomic mass is 9.86. The van der Waals surface area contributed by atoms with E-state index >= 15 is 0 Å². The molecule has 2 saturated heterocycles. The van der Waals surface area contributed by atoms with E-state index in [1.165, 1.54) is 77.4 Å². The van der Waals surface area contributed by atoms with E-state index in [2.05, 4.69) is 37.5 Å². The van der Waals surface area contributed by atoms with Crippen LogP contribution in [0.25, 0.3) is 0 Å². The number of carbonyl (C=O) groups is 1. The summed E-state index contributed by atoms with van der Waals surface area (Å²) in [6.07, 6.45) is 12.6. The van der Waals surface area contributed by atoms with Crippen LogP contribution >= 0.6 is 0 Å². The van der Waals surface area contributed by atoms with Crippen molar-refractivity contribution < 1.29 is 4.79 Å². The van der Waals surface area contributed by atoms with Gasteiger partial charge in [-0.05, 0) is 75.4 Å². The van der Waals surface area contributed by atoms with Crippen molar-refractivity contribution in [3.05, 3.63) is 0 Å². The number of unbranched alkanes of at least 4 members (excludes halogenated alkanes) is 3. The first-order valence-corrected chi connectivity index (χ1v) is 12.0. The highest BCUT2D eigenvalue weighted by atomic mass is 16.2. The first kappa shape index (κ1) is 22.7. The molecule has 27 heavy (non-hydrogen) atoms. The molecule has 0 unspecified atom stereocenters. The summed E-state index contributed by atoms with van der Waals surface area (Å²) in [7, 11) is 0. The fraction of sp³-hybridized carbons (Fsp3) is 0.958. The predicted octanol–water partition coefficient (Wildman–Crippen LogP) is 5.59. The summed E-state index contributed by atoms with van der Waals surface area (Å²) < 4.78 is 0. The Balaban J connectivity index is 1.53. The van der Waals surface area contributed by atoms with Crippen LogP contribution in [0, 0.1) is 23.7 Å². The summed E-state index contributed by atoms with van der Waals surface area (Å²) in [5.41, 5.74) is 0. The predicted molar refractivity (Wildman–Crippen MR) is 116 cm³/mol. The minimum absolute atomic E-state index is 0.431. The maximum Gasteiger partial charge on any atom is 0.222 e. The lowest BCUT2D eigenvalue weighted by Gasteiger charge is -2.36. The van der Waals surface area contributed by atoms with Crippen molar-refractivity contribution in [1.29, 1.82) is 0 Å². The molecule has 3 heteroatoms. The molecular weight excluding hydrogens is 332 g/mol. The summed E-state index contributed by atoms with van der Waals surface area (Å²) in [6.45, 7) is 15.0. The van der Waals surface area contributed by atoms with Gasteiger partial charge in [-0.1, -0.05) is 53.4 Å². The Kier molecular flexibility index (Phi) is 10.2. The highest BCUT2D eigenvalue weighted by Gasteiger charge is 2.27. The lowest BCUT2D eigenvalue weighted by molar-refractivity contribution is -0.134. The molecule has 0 spiro atoms. The molecule has 0 atom stereocenters. The number of hydrogen-bond donors (Lipinski definition) is 0. The molecule has 0 saturated carbocycles. The Hall–Kier alpha value is -0.570. The minimum atomic E-state index is 0.431. The van der Waals surface area contributed by atoms with Crippen LogP contribution in [0.2, 0.25) is 0 Å². The molecule has 0 bridgehead atoms. The molecule has 0 aromatic carbocycles. The highest BCUT2D eigenvalue weighted by Crippen LogP contribution is 2.27. The van der Waals surface area contributed by atoms with Gasteiger partial charge in [-0.25, -0.2) is 0 Å². The number of rotatable bonds is 10. The summed E-state index contributed by atoms with van der Waals surface area (Å²) in [4.78, 5) is 17.4. The van der Waals surface area contributed by atoms with E-state index in [9.17, 15) is 4.79 Å². The molecule has 2 heterocycles. The standard InChI is InChI=1S/C24H46N2O/c1-20(2)9-7-5-6-8-14-25-15-10-22(11-16-25)19-24(27)26-17-12-23(13-18-26)21(3)4/h20-23H,5-19H2,1-4H3. The number of likely N-dealkylation sites (tertiary alicyclic amines) is 2. The number of carbonyl (C=O) groups excluding carboxylic acids is 1. The maximum atomic E-state index is 12.7. The van der Waals surface area contributed by atoms with Crippen molar-refractivity contribution in [3.63, 3.8) is 0 Å². The average molecular weight is 379 g/mol. The van der Waals surface area contributed by atoms with Gasteiger partial charge in [0.25, 0.3) is 0 Å². The summed E-state index contributed by atoms with van der Waals surface area (Å²) in [6, 6.07) is 0. The van der Waals surface area contributed by atoms with Crippen LogP contribution in [0.3, 0.4) is 0 Å². The molecule has 0 aromatic heterocycles. The van der Waals surface area contributed by atoms with Gasteiger partial charge in [0.05, 0.1) is 0 Å². The molecule has 0 radical (unpaired) electrons. The summed E-state index contributed by atoms with van der Waals surface area (Å²) in [5.74, 6) is 3.50. The number of hydrogen-bond acceptors (Lipinski definition) is 2. The molecule has 2 rings (SSSR count). The largest absolute Gasteiger partial charge is 0.343 e. The first-order valence-electron chi connectivity index (χ1n) is 12.0. The molecule has 0 aromatic rings. The normalized spacial score (nSPS) is 20.7. The maximum absolute atomic E-state index is 12.7. The Morgan fingerprint density at radius 1 is 0.852 bits per heavy atom. The fourth-order valence-corrected chi connectivity index (χ4v) is 4.85. The number of amides is 1. The molecule has 1 amide bonds. The van der Waals surface area contributed by atoms with E-state index in [1.54, 1.807) is 0 Å². The van der Waals surface area contributed by atoms with Crippen LogP contribution in [0.5, 0.6) is 0 Å². The molecule has 3 nitrogen and oxygen atoms in total. The minimum Gasteiger partial charge on any atom is -0.343 e. The third-order valence-electron chi connectivity index (χ3n) is 7.01. The van der Waals surface area contributed by atoms with Crippen molar-refractivity contribution in [2.24, 2.45) is 23.7 Å². The lowest BCUT2D eigenvalue weighted by Crippen LogP contribution is -2.41. The second-order valence-electron chi connectivity index (χ2n) is 10.0. The monoisotopic (exact) mass is 378 g/mol. The van der Waals surface area contributed by atoms with Gasteiger partial charge < -0.3 is 9.80 Å². The van der Waals surface area contributed by atoms with Gasteiger partial charge in [-0.2, -0.15) is 0 Å². The van der Waals surface area contributed by atoms with Gasteiger partial charge in [0.1, 0.15) is 0 Å². The third-order valence-corrected chi connectivity index (χ3v) is 7.01. The molecule has 0 N–H and O–H groups in total. The van der Waals surface area contributed by atoms with Gasteiger partial charge in [0.15, 0.2) is 0 Å². The molecular formula is C24H46N2O. The van der Waals surface area contributed by atoms with Gasteiger partial charge in [-0.15, -0.1) is 0 Å². The fourth-order valence-electron chi connectivity index (χ4n) is 4.85. The summed E-state index contributed by atoms with van der Waals surface area (Å²) >= 11 is 0. The topological polar surface area (TPSA) is 23.6 Å². The van der Waals surface area contributed by atoms with Crippen LogP contribution in [0.1, 0.15) is 91.9 Å². The van der Waals surface area contributed by atoms with E-state index in [1.807, 2.05) is 0 Å². The molecule has 158 valence electrons. The van der Waals surface area contributed by atoms with Gasteiger partial charge in [0.2, 0.25) is 5.91 Å². The van der Waals surface area contributed by atoms with E-state index in [0.717, 1.165) is 37.3 Å². The van der Waals surface area contributed by atoms with Crippen molar-refractivity contribution in [2.45, 2.75) is 91.9 Å². The molecule has 2 aliphatic heterocycles. The quantitative estimate of drug-likeness (QED) is 0.463. The smallest absolute Gasteiger partial charge is 0.222 e. The SMILES string of the molecule is CC(C)CCCCCCN1CCC(CC(=O)N2CCC(C(C)C)CC2)CC1. The number of piperidine rings is 2. The van der Waals surface area contributed by atoms with Crippen molar-refractivity contribution in [3.8, 4) is 0 Å². The van der Waals surface area contributed by atoms with E-state index in [0.29, 0.717) is 11.8 Å². The second-order valence-corrected chi connectivity index (χ2v) is 10.0. The van der Waals surface area contributed by atoms with Crippen molar-refractivity contribution in [2.75, 3.05) is 32.7 Å². The first-order chi connectivity index (χ1) is 13.0. The zero-order chi connectivity index (χ0) is 19.6. The van der Waals surface area contributed by atoms with E-state index < -0.39 is 0 Å². The van der Waals surface area contributed by atoms with Gasteiger partial charge in [-0.3, -0.25) is 4.79 Å². The Labute approximate surface area is 169 Å². The Morgan fingerprint density at radius 3 is 2.07 bits per heavy atom. The second kappa shape index (κ2) is 12.1.